The molecule has 0 aliphatic rings. The summed E-state index contributed by atoms with van der Waals surface area (Å²) in [5, 5.41) is 43.7. The topological polar surface area (TPSA) is 192 Å². The summed E-state index contributed by atoms with van der Waals surface area (Å²) in [6.45, 7) is 4.88. The first-order valence-electron chi connectivity index (χ1n) is 17.4. The van der Waals surface area contributed by atoms with Gasteiger partial charge < -0.3 is 19.8 Å². The van der Waals surface area contributed by atoms with E-state index in [1.807, 2.05) is 96.0 Å². The Morgan fingerprint density at radius 2 is 1.12 bits per heavy atom. The van der Waals surface area contributed by atoms with Gasteiger partial charge in [-0.25, -0.2) is 29.3 Å². The summed E-state index contributed by atoms with van der Waals surface area (Å²) < 4.78 is 7.06. The first-order valence-corrected chi connectivity index (χ1v) is 17.8. The maximum atomic E-state index is 9.52. The van der Waals surface area contributed by atoms with Gasteiger partial charge in [0.25, 0.3) is 0 Å². The van der Waals surface area contributed by atoms with Gasteiger partial charge in [0.05, 0.1) is 71.3 Å². The average molecular weight is 770 g/mol. The number of benzene rings is 4. The van der Waals surface area contributed by atoms with Crippen molar-refractivity contribution < 1.29 is 0 Å². The summed E-state index contributed by atoms with van der Waals surface area (Å²) in [6, 6.07) is 32.5. The number of nitriles is 3. The maximum Gasteiger partial charge on any atom is 0.246 e. The van der Waals surface area contributed by atoms with E-state index in [1.54, 1.807) is 58.9 Å². The molecule has 8 rings (SSSR count). The highest BCUT2D eigenvalue weighted by atomic mass is 35.5. The molecule has 8 aromatic rings. The SMILES string of the molecule is Cc1cn(-c2ccc(Nc3ncn(Cc4ccc(C#N)cc4)n3)cc2C#N)cn1.Cc1cn(-c2ccc(Nc3ncn(Cc4ccccc4Cl)n3)cc2C#N)cn1. The Balaban J connectivity index is 0.000000174. The van der Waals surface area contributed by atoms with Crippen molar-refractivity contribution in [2.24, 2.45) is 0 Å². The van der Waals surface area contributed by atoms with Gasteiger partial charge in [-0.3, -0.25) is 0 Å². The van der Waals surface area contributed by atoms with Crippen LogP contribution in [0.4, 0.5) is 23.3 Å². The van der Waals surface area contributed by atoms with E-state index in [4.69, 9.17) is 16.9 Å². The molecule has 0 saturated carbocycles. The lowest BCUT2D eigenvalue weighted by molar-refractivity contribution is 0.687. The largest absolute Gasteiger partial charge is 0.323 e. The van der Waals surface area contributed by atoms with E-state index < -0.39 is 0 Å². The predicted molar refractivity (Wildman–Crippen MR) is 213 cm³/mol. The van der Waals surface area contributed by atoms with E-state index in [9.17, 15) is 10.5 Å². The maximum absolute atomic E-state index is 9.52. The molecule has 57 heavy (non-hydrogen) atoms. The Bertz CT molecular complexity index is 2790. The zero-order valence-electron chi connectivity index (χ0n) is 30.7. The van der Waals surface area contributed by atoms with Crippen LogP contribution in [0.1, 0.15) is 39.2 Å². The minimum atomic E-state index is 0.439. The highest BCUT2D eigenvalue weighted by molar-refractivity contribution is 6.31. The van der Waals surface area contributed by atoms with Gasteiger partial charge in [-0.15, -0.1) is 10.2 Å². The van der Waals surface area contributed by atoms with Gasteiger partial charge in [0.15, 0.2) is 0 Å². The van der Waals surface area contributed by atoms with E-state index in [2.05, 4.69) is 59.0 Å². The quantitative estimate of drug-likeness (QED) is 0.141. The fourth-order valence-corrected chi connectivity index (χ4v) is 5.95. The van der Waals surface area contributed by atoms with Crippen LogP contribution >= 0.6 is 11.6 Å². The number of hydrogen-bond acceptors (Lipinski definition) is 11. The van der Waals surface area contributed by atoms with Gasteiger partial charge >= 0.3 is 0 Å². The summed E-state index contributed by atoms with van der Waals surface area (Å²) in [4.78, 5) is 17.0. The molecule has 0 aliphatic heterocycles. The summed E-state index contributed by atoms with van der Waals surface area (Å²) in [5.74, 6) is 0.885. The number of nitrogens with zero attached hydrogens (tertiary/aromatic N) is 13. The molecule has 4 aromatic heterocycles. The van der Waals surface area contributed by atoms with Crippen LogP contribution in [0.15, 0.2) is 123 Å². The molecule has 0 atom stereocenters. The smallest absolute Gasteiger partial charge is 0.246 e. The molecule has 0 unspecified atom stereocenters. The van der Waals surface area contributed by atoms with Crippen molar-refractivity contribution in [3.8, 4) is 29.6 Å². The lowest BCUT2D eigenvalue weighted by Gasteiger charge is -2.08. The Morgan fingerprint density at radius 3 is 1.60 bits per heavy atom. The molecule has 15 nitrogen and oxygen atoms in total. The molecule has 278 valence electrons. The molecule has 0 fully saturated rings. The molecule has 0 saturated heterocycles. The second-order valence-corrected chi connectivity index (χ2v) is 13.1. The highest BCUT2D eigenvalue weighted by Crippen LogP contribution is 2.23. The van der Waals surface area contributed by atoms with Crippen LogP contribution in [0.25, 0.3) is 11.4 Å². The third-order valence-corrected chi connectivity index (χ3v) is 8.89. The molecule has 0 amide bonds. The molecule has 0 radical (unpaired) electrons. The molecular formula is C41H32ClN15. The fraction of sp³-hybridized carbons (Fsp3) is 0.0976. The summed E-state index contributed by atoms with van der Waals surface area (Å²) in [5.41, 5.74) is 8.40. The zero-order valence-corrected chi connectivity index (χ0v) is 31.4. The lowest BCUT2D eigenvalue weighted by atomic mass is 10.1. The van der Waals surface area contributed by atoms with Crippen molar-refractivity contribution in [3.63, 3.8) is 0 Å². The van der Waals surface area contributed by atoms with Crippen molar-refractivity contribution in [2.75, 3.05) is 10.6 Å². The summed E-state index contributed by atoms with van der Waals surface area (Å²) in [6.07, 6.45) is 10.4. The Morgan fingerprint density at radius 1 is 0.596 bits per heavy atom. The lowest BCUT2D eigenvalue weighted by Crippen LogP contribution is -2.02. The fourth-order valence-electron chi connectivity index (χ4n) is 5.75. The van der Waals surface area contributed by atoms with Gasteiger partial charge in [-0.1, -0.05) is 41.9 Å². The van der Waals surface area contributed by atoms with Gasteiger partial charge in [-0.2, -0.15) is 15.8 Å². The minimum absolute atomic E-state index is 0.439. The Kier molecular flexibility index (Phi) is 11.1. The van der Waals surface area contributed by atoms with Crippen LogP contribution < -0.4 is 10.6 Å². The van der Waals surface area contributed by atoms with Gasteiger partial charge in [0.1, 0.15) is 24.8 Å². The highest BCUT2D eigenvalue weighted by Gasteiger charge is 2.11. The van der Waals surface area contributed by atoms with Crippen LogP contribution in [0.5, 0.6) is 0 Å². The zero-order chi connectivity index (χ0) is 39.7. The molecule has 0 bridgehead atoms. The molecule has 0 spiro atoms. The molecule has 4 heterocycles. The van der Waals surface area contributed by atoms with Gasteiger partial charge in [0.2, 0.25) is 11.9 Å². The van der Waals surface area contributed by atoms with E-state index in [0.717, 1.165) is 45.3 Å². The van der Waals surface area contributed by atoms with E-state index >= 15 is 0 Å². The van der Waals surface area contributed by atoms with Crippen molar-refractivity contribution >= 4 is 34.9 Å². The van der Waals surface area contributed by atoms with Crippen molar-refractivity contribution in [1.29, 1.82) is 15.8 Å². The summed E-state index contributed by atoms with van der Waals surface area (Å²) >= 11 is 6.20. The van der Waals surface area contributed by atoms with Crippen molar-refractivity contribution in [1.82, 2.24) is 48.6 Å². The van der Waals surface area contributed by atoms with Gasteiger partial charge in [0, 0.05) is 28.8 Å². The number of rotatable bonds is 10. The van der Waals surface area contributed by atoms with Gasteiger partial charge in [-0.05, 0) is 79.6 Å². The van der Waals surface area contributed by atoms with Crippen LogP contribution in [0, 0.1) is 47.8 Å². The van der Waals surface area contributed by atoms with E-state index in [1.165, 1.54) is 0 Å². The molecule has 16 heteroatoms. The molecule has 2 N–H and O–H groups in total. The number of aryl methyl sites for hydroxylation is 2. The van der Waals surface area contributed by atoms with Crippen molar-refractivity contribution in [2.45, 2.75) is 26.9 Å². The first-order chi connectivity index (χ1) is 27.8. The monoisotopic (exact) mass is 769 g/mol. The van der Waals surface area contributed by atoms with Crippen LogP contribution in [-0.4, -0.2) is 48.6 Å². The van der Waals surface area contributed by atoms with Crippen LogP contribution in [0.2, 0.25) is 5.02 Å². The number of anilines is 4. The summed E-state index contributed by atoms with van der Waals surface area (Å²) in [7, 11) is 0. The van der Waals surface area contributed by atoms with Crippen LogP contribution in [0.3, 0.4) is 0 Å². The third kappa shape index (κ3) is 9.19. The standard InChI is InChI=1S/C21H16N8.C20H16ClN7/c1-15-11-28(13-24-15)20-7-6-19(8-18(20)10-23)26-21-25-14-29(27-21)12-17-4-2-16(9-22)3-5-17;1-14-10-27(12-23-14)19-7-6-17(8-16(19)9-22)25-20-24-13-28(26-20)11-15-4-2-3-5-18(15)21/h2-8,11,13-14H,12H2,1H3,(H,26,27);2-8,10,12-13H,11H2,1H3,(H,25,26). The van der Waals surface area contributed by atoms with Crippen LogP contribution in [-0.2, 0) is 13.1 Å². The number of halogens is 1. The first kappa shape index (κ1) is 37.3. The number of imidazole rings is 2. The molecular weight excluding hydrogens is 738 g/mol. The minimum Gasteiger partial charge on any atom is -0.323 e. The average Bonchev–Trinajstić information content (AvgIpc) is 4.06. The third-order valence-electron chi connectivity index (χ3n) is 8.52. The molecule has 0 aliphatic carbocycles. The normalized spacial score (nSPS) is 10.5. The van der Waals surface area contributed by atoms with E-state index in [0.29, 0.717) is 46.7 Å². The second kappa shape index (κ2) is 17.0. The van der Waals surface area contributed by atoms with E-state index in [-0.39, 0.29) is 0 Å². The number of nitrogens with one attached hydrogen (secondary N) is 2. The second-order valence-electron chi connectivity index (χ2n) is 12.7. The Hall–Kier alpha value is -8.06. The van der Waals surface area contributed by atoms with Crippen molar-refractivity contribution in [3.05, 3.63) is 167 Å². The number of hydrogen-bond donors (Lipinski definition) is 2. The predicted octanol–water partition coefficient (Wildman–Crippen LogP) is 7.40. The Labute approximate surface area is 332 Å². The number of aromatic nitrogens is 10. The molecule has 4 aromatic carbocycles.